The summed E-state index contributed by atoms with van der Waals surface area (Å²) in [5.74, 6) is 1.44. The highest BCUT2D eigenvalue weighted by atomic mass is 32.2. The minimum absolute atomic E-state index is 0.0304. The summed E-state index contributed by atoms with van der Waals surface area (Å²) in [5, 5.41) is 0. The lowest BCUT2D eigenvalue weighted by Gasteiger charge is -2.25. The zero-order valence-electron chi connectivity index (χ0n) is 22.5. The molecule has 1 heterocycles. The minimum Gasteiger partial charge on any atom is -0.493 e. The molecule has 3 aromatic carbocycles. The standard InChI is InChI=1S/C29H30F3NO5S/c1-17-7-10-20(11-8-17)39(34)25-15-19(29(30,31)32)9-12-21(25)27-33-22(16-37-27)18-13-23(35-5)26(24(14-18)36-6)38-28(2,3)4/h7-15,22H,16H2,1-6H3/t22?,39-/m0/s1. The van der Waals surface area contributed by atoms with Crippen molar-refractivity contribution in [1.82, 2.24) is 0 Å². The molecule has 0 saturated heterocycles. The van der Waals surface area contributed by atoms with E-state index >= 15 is 0 Å². The van der Waals surface area contributed by atoms with Gasteiger partial charge in [0.25, 0.3) is 0 Å². The summed E-state index contributed by atoms with van der Waals surface area (Å²) >= 11 is 0. The Morgan fingerprint density at radius 3 is 2.10 bits per heavy atom. The van der Waals surface area contributed by atoms with Crippen LogP contribution < -0.4 is 14.2 Å². The number of methoxy groups -OCH3 is 2. The summed E-state index contributed by atoms with van der Waals surface area (Å²) in [6, 6.07) is 12.9. The van der Waals surface area contributed by atoms with Crippen LogP contribution in [-0.2, 0) is 21.7 Å². The number of benzene rings is 3. The second-order valence-electron chi connectivity index (χ2n) is 10.0. The van der Waals surface area contributed by atoms with Crippen LogP contribution in [0.15, 0.2) is 69.4 Å². The molecule has 0 fully saturated rings. The van der Waals surface area contributed by atoms with Gasteiger partial charge in [0.1, 0.15) is 18.2 Å². The summed E-state index contributed by atoms with van der Waals surface area (Å²) in [7, 11) is 1.13. The van der Waals surface area contributed by atoms with E-state index in [2.05, 4.69) is 4.99 Å². The van der Waals surface area contributed by atoms with Crippen molar-refractivity contribution >= 4 is 16.7 Å². The number of hydrogen-bond acceptors (Lipinski definition) is 6. The second-order valence-corrected chi connectivity index (χ2v) is 11.5. The normalized spacial score (nSPS) is 16.3. The first-order valence-corrected chi connectivity index (χ1v) is 13.3. The highest BCUT2D eigenvalue weighted by Gasteiger charge is 2.34. The molecule has 208 valence electrons. The van der Waals surface area contributed by atoms with Crippen molar-refractivity contribution in [3.63, 3.8) is 0 Å². The number of aryl methyl sites for hydroxylation is 1. The third kappa shape index (κ3) is 6.38. The highest BCUT2D eigenvalue weighted by molar-refractivity contribution is 7.85. The summed E-state index contributed by atoms with van der Waals surface area (Å²) in [6.45, 7) is 7.71. The number of nitrogens with zero attached hydrogens (tertiary/aromatic N) is 1. The van der Waals surface area contributed by atoms with Gasteiger partial charge >= 0.3 is 6.18 Å². The van der Waals surface area contributed by atoms with Gasteiger partial charge in [-0.25, -0.2) is 9.20 Å². The minimum atomic E-state index is -4.60. The smallest absolute Gasteiger partial charge is 0.416 e. The van der Waals surface area contributed by atoms with Gasteiger partial charge in [0.2, 0.25) is 11.6 Å². The summed E-state index contributed by atoms with van der Waals surface area (Å²) in [4.78, 5) is 5.00. The number of hydrogen-bond donors (Lipinski definition) is 0. The Morgan fingerprint density at radius 2 is 1.56 bits per heavy atom. The number of alkyl halides is 3. The van der Waals surface area contributed by atoms with Crippen LogP contribution in [0.2, 0.25) is 0 Å². The SMILES string of the molecule is COc1cc(C2COC(c3ccc(C(F)(F)F)cc3[S@@](=O)c3ccc(C)cc3)=N2)cc(OC)c1OC(C)(C)C. The Kier molecular flexibility index (Phi) is 7.97. The first-order chi connectivity index (χ1) is 18.3. The average Bonchev–Trinajstić information content (AvgIpc) is 3.37. The maximum absolute atomic E-state index is 13.6. The van der Waals surface area contributed by atoms with Crippen LogP contribution >= 0.6 is 0 Å². The molecule has 0 radical (unpaired) electrons. The van der Waals surface area contributed by atoms with E-state index in [0.29, 0.717) is 27.7 Å². The van der Waals surface area contributed by atoms with E-state index in [1.807, 2.05) is 27.7 Å². The van der Waals surface area contributed by atoms with Crippen LogP contribution in [-0.4, -0.2) is 36.5 Å². The zero-order chi connectivity index (χ0) is 28.5. The van der Waals surface area contributed by atoms with E-state index in [4.69, 9.17) is 18.9 Å². The van der Waals surface area contributed by atoms with Crippen molar-refractivity contribution in [1.29, 1.82) is 0 Å². The third-order valence-electron chi connectivity index (χ3n) is 5.90. The molecule has 39 heavy (non-hydrogen) atoms. The molecule has 0 spiro atoms. The van der Waals surface area contributed by atoms with Crippen LogP contribution in [0.4, 0.5) is 13.2 Å². The van der Waals surface area contributed by atoms with E-state index in [1.54, 1.807) is 36.4 Å². The van der Waals surface area contributed by atoms with Gasteiger partial charge < -0.3 is 18.9 Å². The molecule has 0 amide bonds. The molecule has 4 rings (SSSR count). The molecule has 0 aromatic heterocycles. The average molecular weight is 562 g/mol. The van der Waals surface area contributed by atoms with Crippen molar-refractivity contribution in [3.8, 4) is 17.2 Å². The van der Waals surface area contributed by atoms with Crippen molar-refractivity contribution in [2.24, 2.45) is 4.99 Å². The summed E-state index contributed by atoms with van der Waals surface area (Å²) < 4.78 is 77.2. The number of aliphatic imine (C=N–C) groups is 1. The quantitative estimate of drug-likeness (QED) is 0.314. The molecule has 0 N–H and O–H groups in total. The van der Waals surface area contributed by atoms with Gasteiger partial charge in [-0.15, -0.1) is 0 Å². The predicted molar refractivity (Wildman–Crippen MR) is 142 cm³/mol. The Labute approximate surface area is 228 Å². The molecule has 6 nitrogen and oxygen atoms in total. The van der Waals surface area contributed by atoms with E-state index < -0.39 is 34.2 Å². The zero-order valence-corrected chi connectivity index (χ0v) is 23.3. The number of rotatable bonds is 7. The lowest BCUT2D eigenvalue weighted by Crippen LogP contribution is -2.23. The predicted octanol–water partition coefficient (Wildman–Crippen LogP) is 6.89. The molecule has 1 aliphatic rings. The topological polar surface area (TPSA) is 66.4 Å². The van der Waals surface area contributed by atoms with Gasteiger partial charge in [0.05, 0.1) is 41.0 Å². The fraction of sp³-hybridized carbons (Fsp3) is 0.345. The van der Waals surface area contributed by atoms with Gasteiger partial charge in [0.15, 0.2) is 11.5 Å². The third-order valence-corrected chi connectivity index (χ3v) is 7.34. The van der Waals surface area contributed by atoms with E-state index in [1.165, 1.54) is 20.3 Å². The molecule has 0 saturated carbocycles. The highest BCUT2D eigenvalue weighted by Crippen LogP contribution is 2.43. The molecular weight excluding hydrogens is 531 g/mol. The van der Waals surface area contributed by atoms with Gasteiger partial charge in [-0.3, -0.25) is 0 Å². The molecule has 0 bridgehead atoms. The molecular formula is C29H30F3NO5S. The molecule has 1 unspecified atom stereocenters. The van der Waals surface area contributed by atoms with Crippen molar-refractivity contribution in [2.75, 3.05) is 20.8 Å². The number of ether oxygens (including phenoxy) is 4. The second kappa shape index (κ2) is 10.9. The first kappa shape index (κ1) is 28.5. The fourth-order valence-electron chi connectivity index (χ4n) is 4.01. The lowest BCUT2D eigenvalue weighted by molar-refractivity contribution is -0.137. The van der Waals surface area contributed by atoms with Gasteiger partial charge in [0, 0.05) is 4.90 Å². The van der Waals surface area contributed by atoms with Crippen LogP contribution in [0, 0.1) is 6.92 Å². The summed E-state index contributed by atoms with van der Waals surface area (Å²) in [5.41, 5.74) is 0.469. The Hall–Kier alpha value is -3.53. The molecule has 2 atom stereocenters. The van der Waals surface area contributed by atoms with Crippen LogP contribution in [0.5, 0.6) is 17.2 Å². The van der Waals surface area contributed by atoms with Crippen molar-refractivity contribution in [3.05, 3.63) is 76.9 Å². The van der Waals surface area contributed by atoms with Gasteiger partial charge in [-0.2, -0.15) is 13.2 Å². The Balaban J connectivity index is 1.76. The maximum atomic E-state index is 13.6. The van der Waals surface area contributed by atoms with E-state index in [0.717, 1.165) is 17.7 Å². The molecule has 10 heteroatoms. The molecule has 0 aliphatic carbocycles. The fourth-order valence-corrected chi connectivity index (χ4v) is 5.24. The number of halogens is 3. The summed E-state index contributed by atoms with van der Waals surface area (Å²) in [6.07, 6.45) is -4.60. The van der Waals surface area contributed by atoms with Crippen LogP contribution in [0.25, 0.3) is 0 Å². The molecule has 3 aromatic rings. The van der Waals surface area contributed by atoms with Gasteiger partial charge in [-0.05, 0) is 75.7 Å². The van der Waals surface area contributed by atoms with Crippen molar-refractivity contribution in [2.45, 2.75) is 55.3 Å². The monoisotopic (exact) mass is 561 g/mol. The van der Waals surface area contributed by atoms with Crippen LogP contribution in [0.3, 0.4) is 0 Å². The van der Waals surface area contributed by atoms with Crippen LogP contribution in [0.1, 0.15) is 49.1 Å². The Bertz CT molecular complexity index is 1390. The van der Waals surface area contributed by atoms with Gasteiger partial charge in [-0.1, -0.05) is 17.7 Å². The van der Waals surface area contributed by atoms with E-state index in [9.17, 15) is 17.4 Å². The largest absolute Gasteiger partial charge is 0.493 e. The first-order valence-electron chi connectivity index (χ1n) is 12.2. The lowest BCUT2D eigenvalue weighted by atomic mass is 10.1. The maximum Gasteiger partial charge on any atom is 0.416 e. The Morgan fingerprint density at radius 1 is 0.949 bits per heavy atom. The van der Waals surface area contributed by atoms with Crippen molar-refractivity contribution < 1.29 is 36.3 Å². The van der Waals surface area contributed by atoms with E-state index in [-0.39, 0.29) is 23.0 Å². The molecule has 1 aliphatic heterocycles.